The van der Waals surface area contributed by atoms with Gasteiger partial charge in [0.1, 0.15) is 5.76 Å². The molecule has 1 N–H and O–H groups in total. The number of nitrogens with one attached hydrogen (secondary N) is 1. The molecular formula is C18H25N3O. The van der Waals surface area contributed by atoms with Crippen molar-refractivity contribution in [2.75, 3.05) is 5.32 Å². The number of nitrogens with zero attached hydrogens (tertiary/aromatic N) is 2. The van der Waals surface area contributed by atoms with E-state index in [4.69, 9.17) is 4.42 Å². The molecule has 3 rings (SSSR count). The fourth-order valence-electron chi connectivity index (χ4n) is 2.98. The molecule has 1 aromatic carbocycles. The standard InChI is InChI=1S/C18H25N3O/c1-12(2)14(4)21-10-15-6-5-7-17(16(15)11-21)19-9-18-20-8-13(3)22-18/h5-8,12,14,19H,9-11H2,1-4H3/t14-/m0/s1. The van der Waals surface area contributed by atoms with Gasteiger partial charge in [-0.15, -0.1) is 0 Å². The lowest BCUT2D eigenvalue weighted by molar-refractivity contribution is 0.170. The summed E-state index contributed by atoms with van der Waals surface area (Å²) in [6, 6.07) is 7.11. The van der Waals surface area contributed by atoms with Gasteiger partial charge in [0, 0.05) is 24.8 Å². The maximum Gasteiger partial charge on any atom is 0.213 e. The van der Waals surface area contributed by atoms with Crippen molar-refractivity contribution in [3.05, 3.63) is 47.2 Å². The largest absolute Gasteiger partial charge is 0.444 e. The average molecular weight is 299 g/mol. The van der Waals surface area contributed by atoms with Crippen LogP contribution >= 0.6 is 0 Å². The van der Waals surface area contributed by atoms with E-state index in [0.717, 1.165) is 24.7 Å². The van der Waals surface area contributed by atoms with Gasteiger partial charge < -0.3 is 9.73 Å². The van der Waals surface area contributed by atoms with E-state index >= 15 is 0 Å². The minimum absolute atomic E-state index is 0.592. The first-order valence-corrected chi connectivity index (χ1v) is 8.04. The van der Waals surface area contributed by atoms with Crippen LogP contribution in [0.4, 0.5) is 5.69 Å². The molecule has 0 fully saturated rings. The second kappa shape index (κ2) is 6.13. The molecule has 2 aromatic rings. The van der Waals surface area contributed by atoms with Gasteiger partial charge in [-0.3, -0.25) is 4.90 Å². The number of rotatable bonds is 5. The van der Waals surface area contributed by atoms with E-state index in [-0.39, 0.29) is 0 Å². The van der Waals surface area contributed by atoms with Crippen LogP contribution in [0, 0.1) is 12.8 Å². The summed E-state index contributed by atoms with van der Waals surface area (Å²) < 4.78 is 5.53. The lowest BCUT2D eigenvalue weighted by Crippen LogP contribution is -2.32. The van der Waals surface area contributed by atoms with Crippen LogP contribution in [0.3, 0.4) is 0 Å². The first-order chi connectivity index (χ1) is 10.5. The zero-order valence-electron chi connectivity index (χ0n) is 13.9. The highest BCUT2D eigenvalue weighted by atomic mass is 16.4. The van der Waals surface area contributed by atoms with Crippen molar-refractivity contribution in [1.82, 2.24) is 9.88 Å². The van der Waals surface area contributed by atoms with E-state index in [0.29, 0.717) is 18.5 Å². The molecule has 0 amide bonds. The maximum atomic E-state index is 5.53. The van der Waals surface area contributed by atoms with Gasteiger partial charge in [0.2, 0.25) is 5.89 Å². The molecule has 2 heterocycles. The van der Waals surface area contributed by atoms with Crippen LogP contribution < -0.4 is 5.32 Å². The minimum Gasteiger partial charge on any atom is -0.444 e. The third-order valence-corrected chi connectivity index (χ3v) is 4.65. The summed E-state index contributed by atoms with van der Waals surface area (Å²) in [5, 5.41) is 3.48. The van der Waals surface area contributed by atoms with E-state index in [1.165, 1.54) is 16.8 Å². The zero-order valence-corrected chi connectivity index (χ0v) is 13.9. The summed E-state index contributed by atoms with van der Waals surface area (Å²) >= 11 is 0. The Balaban J connectivity index is 1.72. The van der Waals surface area contributed by atoms with Crippen molar-refractivity contribution in [1.29, 1.82) is 0 Å². The van der Waals surface area contributed by atoms with Crippen molar-refractivity contribution in [3.63, 3.8) is 0 Å². The molecule has 1 aromatic heterocycles. The van der Waals surface area contributed by atoms with E-state index in [1.807, 2.05) is 6.92 Å². The van der Waals surface area contributed by atoms with Crippen LogP contribution in [0.25, 0.3) is 0 Å². The van der Waals surface area contributed by atoms with Crippen LogP contribution in [0.1, 0.15) is 43.5 Å². The van der Waals surface area contributed by atoms with Crippen molar-refractivity contribution in [2.45, 2.75) is 53.4 Å². The molecule has 0 aliphatic carbocycles. The number of hydrogen-bond acceptors (Lipinski definition) is 4. The van der Waals surface area contributed by atoms with Crippen molar-refractivity contribution in [3.8, 4) is 0 Å². The Bertz CT molecular complexity index is 648. The van der Waals surface area contributed by atoms with Crippen LogP contribution in [0.2, 0.25) is 0 Å². The Labute approximate surface area is 132 Å². The number of aromatic nitrogens is 1. The van der Waals surface area contributed by atoms with Gasteiger partial charge in [0.05, 0.1) is 12.7 Å². The number of benzene rings is 1. The summed E-state index contributed by atoms with van der Waals surface area (Å²) in [4.78, 5) is 6.80. The van der Waals surface area contributed by atoms with E-state index in [2.05, 4.69) is 54.2 Å². The number of anilines is 1. The van der Waals surface area contributed by atoms with Crippen LogP contribution in [0.5, 0.6) is 0 Å². The predicted octanol–water partition coefficient (Wildman–Crippen LogP) is 3.96. The van der Waals surface area contributed by atoms with Crippen molar-refractivity contribution >= 4 is 5.69 Å². The third kappa shape index (κ3) is 3.02. The molecule has 4 nitrogen and oxygen atoms in total. The molecule has 0 saturated heterocycles. The fourth-order valence-corrected chi connectivity index (χ4v) is 2.98. The normalized spacial score (nSPS) is 16.0. The topological polar surface area (TPSA) is 41.3 Å². The molecule has 0 spiro atoms. The lowest BCUT2D eigenvalue weighted by atomic mass is 10.1. The molecule has 0 bridgehead atoms. The molecule has 0 radical (unpaired) electrons. The van der Waals surface area contributed by atoms with Crippen LogP contribution in [0.15, 0.2) is 28.8 Å². The highest BCUT2D eigenvalue weighted by molar-refractivity contribution is 5.56. The molecular weight excluding hydrogens is 274 g/mol. The quantitative estimate of drug-likeness (QED) is 0.907. The lowest BCUT2D eigenvalue weighted by Gasteiger charge is -2.27. The second-order valence-corrected chi connectivity index (χ2v) is 6.55. The first kappa shape index (κ1) is 15.1. The molecule has 4 heteroatoms. The number of fused-ring (bicyclic) bond motifs is 1. The number of hydrogen-bond donors (Lipinski definition) is 1. The van der Waals surface area contributed by atoms with Gasteiger partial charge in [-0.25, -0.2) is 4.98 Å². The van der Waals surface area contributed by atoms with Gasteiger partial charge in [-0.1, -0.05) is 26.0 Å². The van der Waals surface area contributed by atoms with Gasteiger partial charge in [-0.05, 0) is 37.0 Å². The highest BCUT2D eigenvalue weighted by Gasteiger charge is 2.26. The van der Waals surface area contributed by atoms with E-state index in [9.17, 15) is 0 Å². The molecule has 1 atom stereocenters. The Morgan fingerprint density at radius 3 is 2.77 bits per heavy atom. The van der Waals surface area contributed by atoms with Gasteiger partial charge in [-0.2, -0.15) is 0 Å². The number of oxazole rings is 1. The molecule has 22 heavy (non-hydrogen) atoms. The average Bonchev–Trinajstić information content (AvgIpc) is 3.10. The zero-order chi connectivity index (χ0) is 15.7. The van der Waals surface area contributed by atoms with E-state index in [1.54, 1.807) is 6.20 Å². The van der Waals surface area contributed by atoms with Crippen molar-refractivity contribution in [2.24, 2.45) is 5.92 Å². The Kier molecular flexibility index (Phi) is 4.21. The third-order valence-electron chi connectivity index (χ3n) is 4.65. The molecule has 1 aliphatic rings. The summed E-state index contributed by atoms with van der Waals surface area (Å²) in [6.07, 6.45) is 1.76. The van der Waals surface area contributed by atoms with Gasteiger partial charge in [0.15, 0.2) is 0 Å². The highest BCUT2D eigenvalue weighted by Crippen LogP contribution is 2.32. The molecule has 0 unspecified atom stereocenters. The molecule has 118 valence electrons. The van der Waals surface area contributed by atoms with E-state index < -0.39 is 0 Å². The second-order valence-electron chi connectivity index (χ2n) is 6.55. The summed E-state index contributed by atoms with van der Waals surface area (Å²) in [7, 11) is 0. The Hall–Kier alpha value is -1.81. The van der Waals surface area contributed by atoms with Gasteiger partial charge in [0.25, 0.3) is 0 Å². The van der Waals surface area contributed by atoms with Crippen molar-refractivity contribution < 1.29 is 4.42 Å². The molecule has 1 aliphatic heterocycles. The smallest absolute Gasteiger partial charge is 0.213 e. The fraction of sp³-hybridized carbons (Fsp3) is 0.500. The summed E-state index contributed by atoms with van der Waals surface area (Å²) in [5.74, 6) is 2.26. The Morgan fingerprint density at radius 2 is 2.09 bits per heavy atom. The monoisotopic (exact) mass is 299 g/mol. The molecule has 0 saturated carbocycles. The maximum absolute atomic E-state index is 5.53. The summed E-state index contributed by atoms with van der Waals surface area (Å²) in [5.41, 5.74) is 4.05. The minimum atomic E-state index is 0.592. The number of aryl methyl sites for hydroxylation is 1. The Morgan fingerprint density at radius 1 is 1.27 bits per heavy atom. The van der Waals surface area contributed by atoms with Crippen LogP contribution in [-0.2, 0) is 19.6 Å². The predicted molar refractivity (Wildman–Crippen MR) is 88.6 cm³/mol. The summed E-state index contributed by atoms with van der Waals surface area (Å²) in [6.45, 7) is 11.5. The SMILES string of the molecule is Cc1cnc(CNc2cccc3c2CN([C@@H](C)C(C)C)C3)o1. The van der Waals surface area contributed by atoms with Crippen LogP contribution in [-0.4, -0.2) is 15.9 Å². The first-order valence-electron chi connectivity index (χ1n) is 8.04. The van der Waals surface area contributed by atoms with Gasteiger partial charge >= 0.3 is 0 Å².